The second-order valence-electron chi connectivity index (χ2n) is 4.86. The van der Waals surface area contributed by atoms with Gasteiger partial charge in [-0.05, 0) is 30.7 Å². The number of nitrogens with zero attached hydrogens (tertiary/aromatic N) is 1. The zero-order chi connectivity index (χ0) is 16.5. The molecular weight excluding hydrogens is 439 g/mol. The molecule has 0 fully saturated rings. The standard InChI is InChI=1S/C16H22N4O2S.HI/c1-3-13-6-7-14(23-13)10-19-16(17-2)20-11-15(21)18-9-12-5-4-8-22-12;/h4-8H,3,9-11H2,1-2H3,(H,18,21)(H2,17,19,20);1H. The molecular formula is C16H23IN4O2S. The van der Waals surface area contributed by atoms with Gasteiger partial charge < -0.3 is 20.4 Å². The number of carbonyl (C=O) groups is 1. The number of hydrogen-bond donors (Lipinski definition) is 3. The second-order valence-corrected chi connectivity index (χ2v) is 6.11. The van der Waals surface area contributed by atoms with Crippen molar-refractivity contribution in [1.29, 1.82) is 0 Å². The number of hydrogen-bond acceptors (Lipinski definition) is 4. The number of thiophene rings is 1. The van der Waals surface area contributed by atoms with E-state index in [4.69, 9.17) is 4.42 Å². The lowest BCUT2D eigenvalue weighted by molar-refractivity contribution is -0.120. The van der Waals surface area contributed by atoms with Crippen LogP contribution in [0.1, 0.15) is 22.4 Å². The third kappa shape index (κ3) is 6.91. The fourth-order valence-electron chi connectivity index (χ4n) is 1.92. The average Bonchev–Trinajstić information content (AvgIpc) is 3.24. The number of aryl methyl sites for hydroxylation is 1. The van der Waals surface area contributed by atoms with Gasteiger partial charge in [0.2, 0.25) is 5.91 Å². The summed E-state index contributed by atoms with van der Waals surface area (Å²) < 4.78 is 5.16. The van der Waals surface area contributed by atoms with Crippen LogP contribution in [0, 0.1) is 0 Å². The molecule has 2 heterocycles. The van der Waals surface area contributed by atoms with Crippen LogP contribution in [0.2, 0.25) is 0 Å². The first-order chi connectivity index (χ1) is 11.2. The van der Waals surface area contributed by atoms with Crippen LogP contribution in [-0.2, 0) is 24.3 Å². The summed E-state index contributed by atoms with van der Waals surface area (Å²) in [6.07, 6.45) is 2.63. The SMILES string of the molecule is CCc1ccc(CNC(=NC)NCC(=O)NCc2ccco2)s1.I. The molecule has 1 amide bonds. The smallest absolute Gasteiger partial charge is 0.239 e. The Hall–Kier alpha value is -1.55. The fraction of sp³-hybridized carbons (Fsp3) is 0.375. The first-order valence-corrected chi connectivity index (χ1v) is 8.34. The van der Waals surface area contributed by atoms with Gasteiger partial charge in [-0.25, -0.2) is 0 Å². The summed E-state index contributed by atoms with van der Waals surface area (Å²) in [5.41, 5.74) is 0. The highest BCUT2D eigenvalue weighted by Gasteiger charge is 2.05. The molecule has 0 atom stereocenters. The van der Waals surface area contributed by atoms with Gasteiger partial charge in [0.1, 0.15) is 5.76 Å². The maximum Gasteiger partial charge on any atom is 0.239 e. The first-order valence-electron chi connectivity index (χ1n) is 7.52. The van der Waals surface area contributed by atoms with Crippen molar-refractivity contribution in [2.45, 2.75) is 26.4 Å². The molecule has 0 spiro atoms. The molecule has 0 radical (unpaired) electrons. The lowest BCUT2D eigenvalue weighted by atomic mass is 10.4. The fourth-order valence-corrected chi connectivity index (χ4v) is 2.82. The lowest BCUT2D eigenvalue weighted by Gasteiger charge is -2.11. The molecule has 3 N–H and O–H groups in total. The maximum atomic E-state index is 11.8. The van der Waals surface area contributed by atoms with Gasteiger partial charge in [-0.2, -0.15) is 0 Å². The Morgan fingerprint density at radius 1 is 1.17 bits per heavy atom. The molecule has 0 aliphatic carbocycles. The van der Waals surface area contributed by atoms with Crippen molar-refractivity contribution in [3.05, 3.63) is 46.0 Å². The summed E-state index contributed by atoms with van der Waals surface area (Å²) >= 11 is 1.78. The van der Waals surface area contributed by atoms with Gasteiger partial charge in [0.25, 0.3) is 0 Å². The summed E-state index contributed by atoms with van der Waals surface area (Å²) in [4.78, 5) is 18.5. The maximum absolute atomic E-state index is 11.8. The van der Waals surface area contributed by atoms with Gasteiger partial charge in [-0.15, -0.1) is 35.3 Å². The van der Waals surface area contributed by atoms with E-state index in [2.05, 4.69) is 40.0 Å². The molecule has 0 saturated carbocycles. The Morgan fingerprint density at radius 3 is 2.58 bits per heavy atom. The van der Waals surface area contributed by atoms with Gasteiger partial charge in [0, 0.05) is 16.8 Å². The first kappa shape index (κ1) is 20.5. The summed E-state index contributed by atoms with van der Waals surface area (Å²) in [5.74, 6) is 1.21. The second kappa shape index (κ2) is 11.1. The number of furan rings is 1. The van der Waals surface area contributed by atoms with Crippen molar-refractivity contribution in [1.82, 2.24) is 16.0 Å². The Morgan fingerprint density at radius 2 is 1.96 bits per heavy atom. The third-order valence-electron chi connectivity index (χ3n) is 3.18. The lowest BCUT2D eigenvalue weighted by Crippen LogP contribution is -2.42. The molecule has 6 nitrogen and oxygen atoms in total. The molecule has 0 aliphatic heterocycles. The zero-order valence-corrected chi connectivity index (χ0v) is 16.9. The highest BCUT2D eigenvalue weighted by atomic mass is 127. The molecule has 0 bridgehead atoms. The molecule has 2 aromatic heterocycles. The van der Waals surface area contributed by atoms with Crippen LogP contribution in [-0.4, -0.2) is 25.5 Å². The minimum atomic E-state index is -0.117. The molecule has 132 valence electrons. The van der Waals surface area contributed by atoms with Crippen molar-refractivity contribution < 1.29 is 9.21 Å². The summed E-state index contributed by atoms with van der Waals surface area (Å²) in [6.45, 7) is 3.38. The van der Waals surface area contributed by atoms with Crippen LogP contribution in [0.3, 0.4) is 0 Å². The highest BCUT2D eigenvalue weighted by Crippen LogP contribution is 2.16. The van der Waals surface area contributed by atoms with Crippen molar-refractivity contribution in [3.8, 4) is 0 Å². The van der Waals surface area contributed by atoms with E-state index in [0.29, 0.717) is 19.0 Å². The summed E-state index contributed by atoms with van der Waals surface area (Å²) in [7, 11) is 1.68. The van der Waals surface area contributed by atoms with E-state index in [1.54, 1.807) is 30.7 Å². The minimum absolute atomic E-state index is 0. The Labute approximate surface area is 163 Å². The van der Waals surface area contributed by atoms with Gasteiger partial charge in [-0.1, -0.05) is 6.92 Å². The van der Waals surface area contributed by atoms with Crippen LogP contribution in [0.25, 0.3) is 0 Å². The third-order valence-corrected chi connectivity index (χ3v) is 4.41. The number of nitrogens with one attached hydrogen (secondary N) is 3. The highest BCUT2D eigenvalue weighted by molar-refractivity contribution is 14.0. The van der Waals surface area contributed by atoms with Crippen molar-refractivity contribution >= 4 is 47.2 Å². The van der Waals surface area contributed by atoms with E-state index in [0.717, 1.165) is 12.2 Å². The number of halogens is 1. The summed E-state index contributed by atoms with van der Waals surface area (Å²) in [5, 5.41) is 8.96. The number of guanidine groups is 1. The van der Waals surface area contributed by atoms with E-state index >= 15 is 0 Å². The van der Waals surface area contributed by atoms with Gasteiger partial charge >= 0.3 is 0 Å². The minimum Gasteiger partial charge on any atom is -0.467 e. The van der Waals surface area contributed by atoms with E-state index in [-0.39, 0.29) is 36.4 Å². The van der Waals surface area contributed by atoms with Gasteiger partial charge in [0.05, 0.1) is 25.9 Å². The average molecular weight is 462 g/mol. The molecule has 0 saturated heterocycles. The largest absolute Gasteiger partial charge is 0.467 e. The Balaban J connectivity index is 0.00000288. The molecule has 0 aliphatic rings. The summed E-state index contributed by atoms with van der Waals surface area (Å²) in [6, 6.07) is 7.86. The monoisotopic (exact) mass is 462 g/mol. The zero-order valence-electron chi connectivity index (χ0n) is 13.8. The van der Waals surface area contributed by atoms with E-state index in [1.165, 1.54) is 9.75 Å². The Bertz CT molecular complexity index is 640. The van der Waals surface area contributed by atoms with E-state index < -0.39 is 0 Å². The number of amides is 1. The van der Waals surface area contributed by atoms with Crippen LogP contribution >= 0.6 is 35.3 Å². The van der Waals surface area contributed by atoms with Crippen LogP contribution in [0.4, 0.5) is 0 Å². The molecule has 2 rings (SSSR count). The van der Waals surface area contributed by atoms with E-state index in [1.807, 2.05) is 6.07 Å². The molecule has 0 unspecified atom stereocenters. The van der Waals surface area contributed by atoms with Crippen molar-refractivity contribution in [3.63, 3.8) is 0 Å². The van der Waals surface area contributed by atoms with Crippen molar-refractivity contribution in [2.24, 2.45) is 4.99 Å². The molecule has 0 aromatic carbocycles. The number of rotatable bonds is 7. The van der Waals surface area contributed by atoms with Gasteiger partial charge in [0.15, 0.2) is 5.96 Å². The molecule has 8 heteroatoms. The van der Waals surface area contributed by atoms with Crippen LogP contribution < -0.4 is 16.0 Å². The predicted molar refractivity (Wildman–Crippen MR) is 108 cm³/mol. The topological polar surface area (TPSA) is 78.7 Å². The molecule has 24 heavy (non-hydrogen) atoms. The number of carbonyl (C=O) groups excluding carboxylic acids is 1. The number of aliphatic imine (C=N–C) groups is 1. The quantitative estimate of drug-likeness (QED) is 0.336. The molecule has 2 aromatic rings. The van der Waals surface area contributed by atoms with Gasteiger partial charge in [-0.3, -0.25) is 9.79 Å². The van der Waals surface area contributed by atoms with Crippen LogP contribution in [0.5, 0.6) is 0 Å². The van der Waals surface area contributed by atoms with Crippen molar-refractivity contribution in [2.75, 3.05) is 13.6 Å². The van der Waals surface area contributed by atoms with Crippen LogP contribution in [0.15, 0.2) is 39.9 Å². The normalized spacial score (nSPS) is 10.8. The van der Waals surface area contributed by atoms with E-state index in [9.17, 15) is 4.79 Å². The predicted octanol–water partition coefficient (Wildman–Crippen LogP) is 2.50. The Kier molecular flexibility index (Phi) is 9.46.